The maximum atomic E-state index is 13.1. The van der Waals surface area contributed by atoms with Crippen LogP contribution in [0.25, 0.3) is 0 Å². The third-order valence-electron chi connectivity index (χ3n) is 4.47. The number of benzene rings is 2. The van der Waals surface area contributed by atoms with Crippen molar-refractivity contribution in [2.24, 2.45) is 0 Å². The maximum Gasteiger partial charge on any atom is 0.343 e. The van der Waals surface area contributed by atoms with Gasteiger partial charge in [-0.2, -0.15) is 0 Å². The molecule has 6 heteroatoms. The Kier molecular flexibility index (Phi) is 3.03. The lowest BCUT2D eigenvalue weighted by atomic mass is 9.96. The Bertz CT molecular complexity index is 836. The molecule has 120 valence electrons. The molecule has 0 aromatic heterocycles. The van der Waals surface area contributed by atoms with E-state index in [4.69, 9.17) is 4.84 Å². The lowest BCUT2D eigenvalue weighted by molar-refractivity contribution is -0.171. The van der Waals surface area contributed by atoms with Crippen molar-refractivity contribution in [2.75, 3.05) is 0 Å². The van der Waals surface area contributed by atoms with Gasteiger partial charge in [0.05, 0.1) is 16.5 Å². The first kappa shape index (κ1) is 14.6. The van der Waals surface area contributed by atoms with E-state index in [0.717, 1.165) is 0 Å². The van der Waals surface area contributed by atoms with Gasteiger partial charge in [0.2, 0.25) is 0 Å². The third-order valence-corrected chi connectivity index (χ3v) is 4.47. The summed E-state index contributed by atoms with van der Waals surface area (Å²) in [6.45, 7) is 0. The van der Waals surface area contributed by atoms with E-state index in [1.165, 1.54) is 36.4 Å². The van der Waals surface area contributed by atoms with Crippen molar-refractivity contribution in [2.45, 2.75) is 18.3 Å². The van der Waals surface area contributed by atoms with Crippen molar-refractivity contribution in [1.29, 1.82) is 0 Å². The molecule has 2 aromatic carbocycles. The van der Waals surface area contributed by atoms with Gasteiger partial charge < -0.3 is 4.84 Å². The molecule has 0 spiro atoms. The lowest BCUT2D eigenvalue weighted by Gasteiger charge is -2.18. The van der Waals surface area contributed by atoms with Crippen molar-refractivity contribution in [3.63, 3.8) is 0 Å². The molecule has 0 atom stereocenters. The zero-order valence-electron chi connectivity index (χ0n) is 12.5. The Hall–Kier alpha value is -3.02. The fraction of sp³-hybridized carbons (Fsp3) is 0.167. The summed E-state index contributed by atoms with van der Waals surface area (Å²) in [5.74, 6) is -2.38. The van der Waals surface area contributed by atoms with Crippen LogP contribution < -0.4 is 0 Å². The van der Waals surface area contributed by atoms with Crippen LogP contribution in [0.3, 0.4) is 0 Å². The van der Waals surface area contributed by atoms with Crippen molar-refractivity contribution in [3.05, 3.63) is 71.0 Å². The average molecular weight is 325 g/mol. The summed E-state index contributed by atoms with van der Waals surface area (Å²) in [5.41, 5.74) is 0.123. The molecule has 2 amide bonds. The Morgan fingerprint density at radius 1 is 0.958 bits per heavy atom. The number of nitrogens with zero attached hydrogens (tertiary/aromatic N) is 1. The second kappa shape index (κ2) is 4.99. The first-order chi connectivity index (χ1) is 11.5. The molecular weight excluding hydrogens is 313 g/mol. The van der Waals surface area contributed by atoms with Crippen LogP contribution in [0.2, 0.25) is 0 Å². The molecule has 0 N–H and O–H groups in total. The van der Waals surface area contributed by atoms with Gasteiger partial charge in [-0.1, -0.05) is 29.3 Å². The smallest absolute Gasteiger partial charge is 0.329 e. The van der Waals surface area contributed by atoms with Gasteiger partial charge >= 0.3 is 5.97 Å². The topological polar surface area (TPSA) is 63.7 Å². The Labute approximate surface area is 136 Å². The van der Waals surface area contributed by atoms with E-state index >= 15 is 0 Å². The number of carbonyl (C=O) groups is 3. The van der Waals surface area contributed by atoms with Crippen LogP contribution in [0.5, 0.6) is 0 Å². The quantitative estimate of drug-likeness (QED) is 0.814. The normalized spacial score (nSPS) is 17.6. The highest BCUT2D eigenvalue weighted by molar-refractivity contribution is 6.21. The first-order valence-electron chi connectivity index (χ1n) is 7.49. The fourth-order valence-electron chi connectivity index (χ4n) is 2.92. The van der Waals surface area contributed by atoms with Gasteiger partial charge in [0.25, 0.3) is 11.8 Å². The molecule has 1 heterocycles. The number of carbonyl (C=O) groups excluding carboxylic acids is 3. The van der Waals surface area contributed by atoms with Crippen LogP contribution in [0.15, 0.2) is 48.5 Å². The number of amides is 2. The number of fused-ring (bicyclic) bond motifs is 1. The minimum Gasteiger partial charge on any atom is -0.329 e. The number of rotatable bonds is 3. The molecule has 2 aromatic rings. The number of imide groups is 1. The van der Waals surface area contributed by atoms with Gasteiger partial charge in [-0.3, -0.25) is 9.59 Å². The summed E-state index contributed by atoms with van der Waals surface area (Å²) in [4.78, 5) is 42.2. The molecule has 0 unspecified atom stereocenters. The highest BCUT2D eigenvalue weighted by Gasteiger charge is 2.55. The molecule has 5 nitrogen and oxygen atoms in total. The van der Waals surface area contributed by atoms with Crippen molar-refractivity contribution in [1.82, 2.24) is 5.06 Å². The van der Waals surface area contributed by atoms with Crippen molar-refractivity contribution < 1.29 is 23.6 Å². The molecule has 0 saturated heterocycles. The Balaban J connectivity index is 1.58. The van der Waals surface area contributed by atoms with Crippen molar-refractivity contribution in [3.8, 4) is 0 Å². The highest BCUT2D eigenvalue weighted by atomic mass is 19.1. The molecule has 1 saturated carbocycles. The van der Waals surface area contributed by atoms with Gasteiger partial charge in [-0.15, -0.1) is 0 Å². The molecular formula is C18H12FNO4. The first-order valence-corrected chi connectivity index (χ1v) is 7.49. The van der Waals surface area contributed by atoms with E-state index in [-0.39, 0.29) is 11.1 Å². The zero-order chi connectivity index (χ0) is 16.9. The maximum absolute atomic E-state index is 13.1. The van der Waals surface area contributed by atoms with Gasteiger partial charge in [-0.05, 0) is 42.7 Å². The average Bonchev–Trinajstić information content (AvgIpc) is 3.37. The molecule has 1 fully saturated rings. The molecule has 0 radical (unpaired) electrons. The summed E-state index contributed by atoms with van der Waals surface area (Å²) in [5, 5.41) is 0.511. The Morgan fingerprint density at radius 3 is 2.00 bits per heavy atom. The second-order valence-corrected chi connectivity index (χ2v) is 5.92. The van der Waals surface area contributed by atoms with Crippen LogP contribution in [0.1, 0.15) is 39.1 Å². The molecule has 1 aliphatic carbocycles. The number of halogens is 1. The van der Waals surface area contributed by atoms with Gasteiger partial charge in [-0.25, -0.2) is 9.18 Å². The summed E-state index contributed by atoms with van der Waals surface area (Å²) in [6.07, 6.45) is 1.06. The van der Waals surface area contributed by atoms with Crippen LogP contribution in [-0.4, -0.2) is 22.8 Å². The van der Waals surface area contributed by atoms with Gasteiger partial charge in [0, 0.05) is 0 Å². The van der Waals surface area contributed by atoms with Crippen LogP contribution in [0, 0.1) is 5.82 Å². The number of hydroxylamine groups is 2. The summed E-state index contributed by atoms with van der Waals surface area (Å²) in [6, 6.07) is 11.9. The summed E-state index contributed by atoms with van der Waals surface area (Å²) in [7, 11) is 0. The number of hydrogen-bond acceptors (Lipinski definition) is 4. The predicted octanol–water partition coefficient (Wildman–Crippen LogP) is 2.61. The Morgan fingerprint density at radius 2 is 1.50 bits per heavy atom. The van der Waals surface area contributed by atoms with Crippen LogP contribution in [-0.2, 0) is 15.0 Å². The van der Waals surface area contributed by atoms with E-state index in [1.807, 2.05) is 0 Å². The molecule has 24 heavy (non-hydrogen) atoms. The standard InChI is InChI=1S/C18H12FNO4/c19-12-7-5-11(6-8-12)18(9-10-18)17(23)24-20-15(21)13-3-1-2-4-14(13)16(20)22/h1-8H,9-10H2. The van der Waals surface area contributed by atoms with E-state index in [2.05, 4.69) is 0 Å². The molecule has 0 bridgehead atoms. The van der Waals surface area contributed by atoms with Crippen LogP contribution >= 0.6 is 0 Å². The molecule has 4 rings (SSSR count). The number of hydrogen-bond donors (Lipinski definition) is 0. The van der Waals surface area contributed by atoms with E-state index < -0.39 is 29.0 Å². The fourth-order valence-corrected chi connectivity index (χ4v) is 2.92. The van der Waals surface area contributed by atoms with E-state index in [1.54, 1.807) is 12.1 Å². The molecule has 1 aliphatic heterocycles. The SMILES string of the molecule is O=C1c2ccccc2C(=O)N1OC(=O)C1(c2ccc(F)cc2)CC1. The minimum atomic E-state index is -0.914. The highest BCUT2D eigenvalue weighted by Crippen LogP contribution is 2.49. The monoisotopic (exact) mass is 325 g/mol. The second-order valence-electron chi connectivity index (χ2n) is 5.92. The lowest BCUT2D eigenvalue weighted by Crippen LogP contribution is -2.37. The van der Waals surface area contributed by atoms with Crippen molar-refractivity contribution >= 4 is 17.8 Å². The summed E-state index contributed by atoms with van der Waals surface area (Å²) < 4.78 is 13.1. The van der Waals surface area contributed by atoms with E-state index in [0.29, 0.717) is 23.5 Å². The van der Waals surface area contributed by atoms with Gasteiger partial charge in [0.1, 0.15) is 5.82 Å². The van der Waals surface area contributed by atoms with Gasteiger partial charge in [0.15, 0.2) is 0 Å². The largest absolute Gasteiger partial charge is 0.343 e. The predicted molar refractivity (Wildman–Crippen MR) is 80.3 cm³/mol. The molecule has 2 aliphatic rings. The zero-order valence-corrected chi connectivity index (χ0v) is 12.5. The van der Waals surface area contributed by atoms with E-state index in [9.17, 15) is 18.8 Å². The minimum absolute atomic E-state index is 0.210. The van der Waals surface area contributed by atoms with Crippen LogP contribution in [0.4, 0.5) is 4.39 Å². The summed E-state index contributed by atoms with van der Waals surface area (Å²) >= 11 is 0. The third kappa shape index (κ3) is 2.03.